The van der Waals surface area contributed by atoms with Crippen LogP contribution in [0.2, 0.25) is 0 Å². The van der Waals surface area contributed by atoms with Gasteiger partial charge in [-0.25, -0.2) is 4.79 Å². The van der Waals surface area contributed by atoms with Gasteiger partial charge in [-0.15, -0.1) is 0 Å². The van der Waals surface area contributed by atoms with Gasteiger partial charge in [-0.2, -0.15) is 26.3 Å². The number of ether oxygens (including phenoxy) is 1. The van der Waals surface area contributed by atoms with E-state index in [0.717, 1.165) is 54.1 Å². The van der Waals surface area contributed by atoms with Gasteiger partial charge in [-0.1, -0.05) is 24.3 Å². The number of hydrogen-bond donors (Lipinski definition) is 0. The summed E-state index contributed by atoms with van der Waals surface area (Å²) in [5.74, 6) is -0.990. The molecule has 3 aromatic rings. The minimum atomic E-state index is -4.72. The number of carbonyl (C=O) groups is 1. The molecule has 3 rings (SSSR count). The molecule has 32 heavy (non-hydrogen) atoms. The quantitative estimate of drug-likeness (QED) is 0.396. The van der Waals surface area contributed by atoms with E-state index in [9.17, 15) is 35.9 Å². The predicted octanol–water partition coefficient (Wildman–Crippen LogP) is 5.31. The molecule has 1 aromatic heterocycles. The largest absolute Gasteiger partial charge is 0.465 e. The Morgan fingerprint density at radius 1 is 0.844 bits per heavy atom. The summed E-state index contributed by atoms with van der Waals surface area (Å²) in [7, 11) is 1.04. The number of methoxy groups -OCH3 is 1. The Hall–Kier alpha value is -3.56. The predicted molar refractivity (Wildman–Crippen MR) is 102 cm³/mol. The number of esters is 1. The molecule has 0 radical (unpaired) electrons. The summed E-state index contributed by atoms with van der Waals surface area (Å²) in [5, 5.41) is 0. The molecule has 2 aromatic carbocycles. The van der Waals surface area contributed by atoms with Crippen molar-refractivity contribution < 1.29 is 35.9 Å². The van der Waals surface area contributed by atoms with Crippen LogP contribution in [0.4, 0.5) is 26.3 Å². The van der Waals surface area contributed by atoms with E-state index in [-0.39, 0.29) is 11.1 Å². The van der Waals surface area contributed by atoms with Crippen molar-refractivity contribution in [1.29, 1.82) is 0 Å². The van der Waals surface area contributed by atoms with Crippen LogP contribution in [-0.4, -0.2) is 17.6 Å². The van der Waals surface area contributed by atoms with Crippen molar-refractivity contribution in [2.24, 2.45) is 0 Å². The van der Waals surface area contributed by atoms with E-state index in [1.807, 2.05) is 0 Å². The van der Waals surface area contributed by atoms with Crippen LogP contribution in [0.1, 0.15) is 38.7 Å². The first-order valence-corrected chi connectivity index (χ1v) is 9.07. The summed E-state index contributed by atoms with van der Waals surface area (Å²) in [5.41, 5.74) is -3.61. The van der Waals surface area contributed by atoms with Crippen LogP contribution in [0, 0.1) is 0 Å². The zero-order valence-corrected chi connectivity index (χ0v) is 16.4. The van der Waals surface area contributed by atoms with Gasteiger partial charge in [0.05, 0.1) is 24.3 Å². The molecular formula is C22H15F6NO3. The van der Waals surface area contributed by atoms with E-state index in [4.69, 9.17) is 0 Å². The number of halogens is 6. The number of nitrogens with zero attached hydrogens (tertiary/aromatic N) is 1. The molecule has 0 atom stereocenters. The Balaban J connectivity index is 2.30. The van der Waals surface area contributed by atoms with Crippen LogP contribution in [-0.2, 0) is 17.1 Å². The van der Waals surface area contributed by atoms with Gasteiger partial charge in [-0.05, 0) is 47.5 Å². The summed E-state index contributed by atoms with van der Waals surface area (Å²) in [6.07, 6.45) is -8.25. The van der Waals surface area contributed by atoms with E-state index >= 15 is 0 Å². The van der Waals surface area contributed by atoms with Gasteiger partial charge in [0.25, 0.3) is 5.56 Å². The van der Waals surface area contributed by atoms with Crippen molar-refractivity contribution in [2.45, 2.75) is 18.4 Å². The van der Waals surface area contributed by atoms with Gasteiger partial charge < -0.3 is 9.30 Å². The molecule has 0 saturated heterocycles. The first kappa shape index (κ1) is 23.1. The van der Waals surface area contributed by atoms with E-state index < -0.39 is 46.6 Å². The lowest BCUT2D eigenvalue weighted by atomic mass is 9.95. The van der Waals surface area contributed by atoms with E-state index in [2.05, 4.69) is 4.74 Å². The number of benzene rings is 2. The minimum absolute atomic E-state index is 0.0942. The summed E-state index contributed by atoms with van der Waals surface area (Å²) in [4.78, 5) is 24.9. The number of aromatic nitrogens is 1. The zero-order chi connectivity index (χ0) is 23.7. The highest BCUT2D eigenvalue weighted by atomic mass is 19.4. The van der Waals surface area contributed by atoms with Gasteiger partial charge in [0.2, 0.25) is 0 Å². The summed E-state index contributed by atoms with van der Waals surface area (Å²) in [6.45, 7) is 0. The third-order valence-corrected chi connectivity index (χ3v) is 4.72. The van der Waals surface area contributed by atoms with Crippen molar-refractivity contribution in [2.75, 3.05) is 7.11 Å². The first-order valence-electron chi connectivity index (χ1n) is 9.07. The fraction of sp³-hybridized carbons (Fsp3) is 0.182. The summed E-state index contributed by atoms with van der Waals surface area (Å²) >= 11 is 0. The molecule has 4 nitrogen and oxygen atoms in total. The molecule has 0 fully saturated rings. The van der Waals surface area contributed by atoms with Crippen LogP contribution in [0.3, 0.4) is 0 Å². The number of rotatable bonds is 4. The SMILES string of the molecule is COC(=O)c1cccn(C(c2cccc(C(F)(F)F)c2)c2cccc(C(F)(F)F)c2)c1=O. The van der Waals surface area contributed by atoms with Crippen molar-refractivity contribution in [3.63, 3.8) is 0 Å². The highest BCUT2D eigenvalue weighted by molar-refractivity contribution is 5.88. The average Bonchev–Trinajstić information content (AvgIpc) is 2.74. The Kier molecular flexibility index (Phi) is 6.16. The van der Waals surface area contributed by atoms with Gasteiger partial charge in [0.15, 0.2) is 0 Å². The Morgan fingerprint density at radius 2 is 1.34 bits per heavy atom. The van der Waals surface area contributed by atoms with Crippen LogP contribution < -0.4 is 5.56 Å². The second-order valence-electron chi connectivity index (χ2n) is 6.77. The smallest absolute Gasteiger partial charge is 0.416 e. The van der Waals surface area contributed by atoms with Gasteiger partial charge in [-0.3, -0.25) is 4.79 Å². The maximum absolute atomic E-state index is 13.3. The Bertz CT molecular complexity index is 1140. The van der Waals surface area contributed by atoms with E-state index in [1.54, 1.807) is 0 Å². The molecular weight excluding hydrogens is 440 g/mol. The highest BCUT2D eigenvalue weighted by Crippen LogP contribution is 2.35. The van der Waals surface area contributed by atoms with Gasteiger partial charge in [0, 0.05) is 6.20 Å². The molecule has 168 valence electrons. The second-order valence-corrected chi connectivity index (χ2v) is 6.77. The molecule has 10 heteroatoms. The summed E-state index contributed by atoms with van der Waals surface area (Å²) in [6, 6.07) is 8.88. The molecule has 0 saturated carbocycles. The normalized spacial score (nSPS) is 12.1. The Labute approximate surface area is 177 Å². The topological polar surface area (TPSA) is 48.3 Å². The van der Waals surface area contributed by atoms with Crippen LogP contribution >= 0.6 is 0 Å². The second kappa shape index (κ2) is 8.52. The van der Waals surface area contributed by atoms with Crippen molar-refractivity contribution in [3.8, 4) is 0 Å². The van der Waals surface area contributed by atoms with Crippen molar-refractivity contribution in [1.82, 2.24) is 4.57 Å². The number of carbonyl (C=O) groups excluding carboxylic acids is 1. The lowest BCUT2D eigenvalue weighted by Crippen LogP contribution is -2.30. The van der Waals surface area contributed by atoms with Crippen LogP contribution in [0.15, 0.2) is 71.7 Å². The molecule has 0 bridgehead atoms. The highest BCUT2D eigenvalue weighted by Gasteiger charge is 2.33. The Morgan fingerprint density at radius 3 is 1.78 bits per heavy atom. The molecule has 0 amide bonds. The van der Waals surface area contributed by atoms with Crippen LogP contribution in [0.25, 0.3) is 0 Å². The maximum Gasteiger partial charge on any atom is 0.416 e. The third kappa shape index (κ3) is 4.68. The van der Waals surface area contributed by atoms with Crippen molar-refractivity contribution >= 4 is 5.97 Å². The lowest BCUT2D eigenvalue weighted by molar-refractivity contribution is -0.138. The molecule has 0 aliphatic rings. The molecule has 0 unspecified atom stereocenters. The number of alkyl halides is 6. The number of pyridine rings is 1. The molecule has 1 heterocycles. The van der Waals surface area contributed by atoms with E-state index in [0.29, 0.717) is 0 Å². The van der Waals surface area contributed by atoms with Gasteiger partial charge >= 0.3 is 18.3 Å². The first-order chi connectivity index (χ1) is 14.9. The molecule has 0 aliphatic heterocycles. The summed E-state index contributed by atoms with van der Waals surface area (Å²) < 4.78 is 85.1. The van der Waals surface area contributed by atoms with Crippen LogP contribution in [0.5, 0.6) is 0 Å². The zero-order valence-electron chi connectivity index (χ0n) is 16.4. The van der Waals surface area contributed by atoms with Crippen molar-refractivity contribution in [3.05, 3.63) is 105 Å². The fourth-order valence-corrected chi connectivity index (χ4v) is 3.26. The van der Waals surface area contributed by atoms with Gasteiger partial charge in [0.1, 0.15) is 5.56 Å². The lowest BCUT2D eigenvalue weighted by Gasteiger charge is -2.23. The minimum Gasteiger partial charge on any atom is -0.465 e. The monoisotopic (exact) mass is 455 g/mol. The maximum atomic E-state index is 13.3. The third-order valence-electron chi connectivity index (χ3n) is 4.72. The number of hydrogen-bond acceptors (Lipinski definition) is 3. The standard InChI is InChI=1S/C22H15F6NO3/c1-32-20(31)17-9-4-10-29(19(17)30)18(13-5-2-7-15(11-13)21(23,24)25)14-6-3-8-16(12-14)22(26,27)28/h2-12,18H,1H3. The molecule has 0 N–H and O–H groups in total. The average molecular weight is 455 g/mol. The molecule has 0 spiro atoms. The van der Waals surface area contributed by atoms with E-state index in [1.165, 1.54) is 24.4 Å². The molecule has 0 aliphatic carbocycles. The fourth-order valence-electron chi connectivity index (χ4n) is 3.26.